The molecule has 0 unspecified atom stereocenters. The average molecular weight is 962 g/mol. The van der Waals surface area contributed by atoms with Crippen LogP contribution >= 0.6 is 0 Å². The van der Waals surface area contributed by atoms with Crippen molar-refractivity contribution in [2.75, 3.05) is 13.2 Å². The van der Waals surface area contributed by atoms with Crippen LogP contribution in [0.3, 0.4) is 0 Å². The van der Waals surface area contributed by atoms with Gasteiger partial charge in [0.15, 0.2) is 6.10 Å². The van der Waals surface area contributed by atoms with Crippen LogP contribution in [0.5, 0.6) is 0 Å². The van der Waals surface area contributed by atoms with Crippen molar-refractivity contribution in [3.8, 4) is 0 Å². The number of hydrogen-bond donors (Lipinski definition) is 0. The molecule has 0 fully saturated rings. The number of hydrogen-bond acceptors (Lipinski definition) is 6. The second-order valence-electron chi connectivity index (χ2n) is 19.2. The van der Waals surface area contributed by atoms with Gasteiger partial charge in [0.1, 0.15) is 13.2 Å². The van der Waals surface area contributed by atoms with E-state index in [-0.39, 0.29) is 37.5 Å². The molecule has 0 aliphatic carbocycles. The molecule has 1 atom stereocenters. The van der Waals surface area contributed by atoms with Crippen molar-refractivity contribution in [1.29, 1.82) is 0 Å². The lowest BCUT2D eigenvalue weighted by Gasteiger charge is -2.18. The molecule has 0 aliphatic heterocycles. The number of carbonyl (C=O) groups excluding carboxylic acids is 3. The van der Waals surface area contributed by atoms with Crippen molar-refractivity contribution in [1.82, 2.24) is 0 Å². The molecule has 396 valence electrons. The van der Waals surface area contributed by atoms with Gasteiger partial charge in [0.05, 0.1) is 0 Å². The highest BCUT2D eigenvalue weighted by atomic mass is 16.6. The predicted molar refractivity (Wildman–Crippen MR) is 297 cm³/mol. The molecule has 0 rings (SSSR count). The first-order valence-corrected chi connectivity index (χ1v) is 29.1. The lowest BCUT2D eigenvalue weighted by atomic mass is 10.0. The van der Waals surface area contributed by atoms with Crippen LogP contribution in [-0.2, 0) is 28.6 Å². The summed E-state index contributed by atoms with van der Waals surface area (Å²) in [6, 6.07) is 0. The molecular formula is C63H108O6. The van der Waals surface area contributed by atoms with Crippen LogP contribution in [0.1, 0.15) is 278 Å². The van der Waals surface area contributed by atoms with Crippen molar-refractivity contribution in [2.24, 2.45) is 0 Å². The normalized spacial score (nSPS) is 12.7. The van der Waals surface area contributed by atoms with E-state index in [1.807, 2.05) is 6.08 Å². The fourth-order valence-electron chi connectivity index (χ4n) is 8.05. The molecule has 0 saturated carbocycles. The molecule has 0 saturated heterocycles. The first-order chi connectivity index (χ1) is 34.0. The van der Waals surface area contributed by atoms with E-state index in [0.717, 1.165) is 77.0 Å². The largest absolute Gasteiger partial charge is 0.462 e. The minimum absolute atomic E-state index is 0.0992. The highest BCUT2D eigenvalue weighted by molar-refractivity contribution is 5.71. The van der Waals surface area contributed by atoms with Crippen LogP contribution in [0.25, 0.3) is 0 Å². The van der Waals surface area contributed by atoms with Gasteiger partial charge in [-0.3, -0.25) is 14.4 Å². The molecule has 0 heterocycles. The number of unbranched alkanes of at least 4 members (excludes halogenated alkanes) is 27. The van der Waals surface area contributed by atoms with Crippen LogP contribution in [0.2, 0.25) is 0 Å². The summed E-state index contributed by atoms with van der Waals surface area (Å²) in [5.41, 5.74) is 0. The monoisotopic (exact) mass is 961 g/mol. The molecule has 69 heavy (non-hydrogen) atoms. The van der Waals surface area contributed by atoms with Crippen LogP contribution in [-0.4, -0.2) is 37.2 Å². The second kappa shape index (κ2) is 57.2. The van der Waals surface area contributed by atoms with E-state index in [2.05, 4.69) is 99.8 Å². The van der Waals surface area contributed by atoms with E-state index >= 15 is 0 Å². The van der Waals surface area contributed by atoms with Crippen molar-refractivity contribution < 1.29 is 28.6 Å². The Labute approximate surface area is 426 Å². The molecular weight excluding hydrogens is 853 g/mol. The third-order valence-corrected chi connectivity index (χ3v) is 12.4. The summed E-state index contributed by atoms with van der Waals surface area (Å²) in [7, 11) is 0. The first-order valence-electron chi connectivity index (χ1n) is 29.1. The Morgan fingerprint density at radius 1 is 0.304 bits per heavy atom. The summed E-state index contributed by atoms with van der Waals surface area (Å²) in [5.74, 6) is -0.983. The molecule has 0 aliphatic rings. The van der Waals surface area contributed by atoms with Gasteiger partial charge in [0.2, 0.25) is 0 Å². The van der Waals surface area contributed by atoms with Crippen molar-refractivity contribution in [2.45, 2.75) is 284 Å². The number of allylic oxidation sites excluding steroid dienone is 14. The minimum Gasteiger partial charge on any atom is -0.462 e. The zero-order valence-corrected chi connectivity index (χ0v) is 45.3. The highest BCUT2D eigenvalue weighted by Gasteiger charge is 2.19. The van der Waals surface area contributed by atoms with E-state index in [0.29, 0.717) is 19.3 Å². The topological polar surface area (TPSA) is 78.9 Å². The Kier molecular flexibility index (Phi) is 54.3. The lowest BCUT2D eigenvalue weighted by Crippen LogP contribution is -2.30. The zero-order chi connectivity index (χ0) is 50.0. The number of ether oxygens (including phenoxy) is 3. The SMILES string of the molecule is CC/C=C/C/C=C/C/C=C/C/C=C/C/C=C/C/C=C/CCC(=O)OC[C@@H](COC(=O)CCCCCCCCCCCCCCCCC)OC(=O)CCCCCCCCC/C=C/CCCCCCCC. The Morgan fingerprint density at radius 3 is 0.971 bits per heavy atom. The Hall–Kier alpha value is -3.41. The molecule has 0 N–H and O–H groups in total. The summed E-state index contributed by atoms with van der Waals surface area (Å²) >= 11 is 0. The van der Waals surface area contributed by atoms with E-state index in [4.69, 9.17) is 14.2 Å². The Balaban J connectivity index is 4.49. The van der Waals surface area contributed by atoms with Crippen molar-refractivity contribution in [3.05, 3.63) is 85.1 Å². The number of rotatable bonds is 52. The van der Waals surface area contributed by atoms with Gasteiger partial charge in [-0.1, -0.05) is 260 Å². The molecule has 0 bridgehead atoms. The van der Waals surface area contributed by atoms with Gasteiger partial charge in [0, 0.05) is 19.3 Å². The molecule has 6 nitrogen and oxygen atoms in total. The molecule has 6 heteroatoms. The summed E-state index contributed by atoms with van der Waals surface area (Å²) < 4.78 is 16.8. The average Bonchev–Trinajstić information content (AvgIpc) is 3.35. The van der Waals surface area contributed by atoms with E-state index in [1.54, 1.807) is 0 Å². The molecule has 0 radical (unpaired) electrons. The van der Waals surface area contributed by atoms with Crippen molar-refractivity contribution in [3.63, 3.8) is 0 Å². The maximum absolute atomic E-state index is 12.9. The molecule has 0 aromatic heterocycles. The summed E-state index contributed by atoms with van der Waals surface area (Å²) in [6.07, 6.45) is 74.4. The fourth-order valence-corrected chi connectivity index (χ4v) is 8.05. The summed E-state index contributed by atoms with van der Waals surface area (Å²) in [6.45, 7) is 6.48. The standard InChI is InChI=1S/C63H108O6/c1-4-7-10-13-16-19-22-25-28-30-31-33-35-38-41-44-47-50-53-56-62(65)68-59-60(58-67-61(64)55-52-49-46-43-40-37-34-27-24-21-18-15-12-9-6-3)69-63(66)57-54-51-48-45-42-39-36-32-29-26-23-20-17-14-11-8-5-2/h7,10,16,19,25-26,28-29,31,33,38,41,47,50,60H,4-6,8-9,11-15,17-18,20-24,27,30,32,34-37,39-40,42-46,48-49,51-59H2,1-3H3/b10-7+,19-16+,28-25+,29-26+,33-31+,41-38+,50-47+/t60-/m1/s1. The fraction of sp³-hybridized carbons (Fsp3) is 0.730. The van der Waals surface area contributed by atoms with Gasteiger partial charge < -0.3 is 14.2 Å². The van der Waals surface area contributed by atoms with E-state index < -0.39 is 6.10 Å². The maximum atomic E-state index is 12.9. The minimum atomic E-state index is -0.808. The third kappa shape index (κ3) is 55.4. The Morgan fingerprint density at radius 2 is 0.594 bits per heavy atom. The van der Waals surface area contributed by atoms with Gasteiger partial charge in [-0.15, -0.1) is 0 Å². The van der Waals surface area contributed by atoms with Crippen LogP contribution in [0.4, 0.5) is 0 Å². The van der Waals surface area contributed by atoms with E-state index in [1.165, 1.54) is 154 Å². The molecule has 0 amide bonds. The van der Waals surface area contributed by atoms with Crippen molar-refractivity contribution >= 4 is 17.9 Å². The van der Waals surface area contributed by atoms with E-state index in [9.17, 15) is 14.4 Å². The lowest BCUT2D eigenvalue weighted by molar-refractivity contribution is -0.166. The molecule has 0 aromatic carbocycles. The Bertz CT molecular complexity index is 1330. The second-order valence-corrected chi connectivity index (χ2v) is 19.2. The first kappa shape index (κ1) is 65.6. The van der Waals surface area contributed by atoms with Gasteiger partial charge in [-0.2, -0.15) is 0 Å². The number of carbonyl (C=O) groups is 3. The summed E-state index contributed by atoms with van der Waals surface area (Å²) in [5, 5.41) is 0. The smallest absolute Gasteiger partial charge is 0.306 e. The number of esters is 3. The molecule has 0 spiro atoms. The van der Waals surface area contributed by atoms with Crippen LogP contribution in [0, 0.1) is 0 Å². The highest BCUT2D eigenvalue weighted by Crippen LogP contribution is 2.16. The van der Waals surface area contributed by atoms with Crippen LogP contribution in [0.15, 0.2) is 85.1 Å². The third-order valence-electron chi connectivity index (χ3n) is 12.4. The van der Waals surface area contributed by atoms with Gasteiger partial charge in [0.25, 0.3) is 0 Å². The quantitative estimate of drug-likeness (QED) is 0.0262. The zero-order valence-electron chi connectivity index (χ0n) is 45.3. The molecule has 0 aromatic rings. The summed E-state index contributed by atoms with van der Waals surface area (Å²) in [4.78, 5) is 38.1. The van der Waals surface area contributed by atoms with Gasteiger partial charge in [-0.25, -0.2) is 0 Å². The maximum Gasteiger partial charge on any atom is 0.306 e. The predicted octanol–water partition coefficient (Wildman–Crippen LogP) is 19.5. The van der Waals surface area contributed by atoms with Crippen LogP contribution < -0.4 is 0 Å². The van der Waals surface area contributed by atoms with Gasteiger partial charge >= 0.3 is 17.9 Å². The van der Waals surface area contributed by atoms with Gasteiger partial charge in [-0.05, 0) is 83.5 Å².